The van der Waals surface area contributed by atoms with Crippen molar-refractivity contribution >= 4 is 17.3 Å². The summed E-state index contributed by atoms with van der Waals surface area (Å²) in [5, 5.41) is 0. The summed E-state index contributed by atoms with van der Waals surface area (Å²) in [6, 6.07) is 13.5. The molecule has 0 unspecified atom stereocenters. The molecular weight excluding hydrogens is 378 g/mol. The third-order valence-corrected chi connectivity index (χ3v) is 6.35. The molecule has 0 saturated heterocycles. The lowest BCUT2D eigenvalue weighted by Crippen LogP contribution is -2.43. The maximum Gasteiger partial charge on any atom is 0.332 e. The van der Waals surface area contributed by atoms with E-state index in [0.29, 0.717) is 22.7 Å². The molecule has 0 bridgehead atoms. The first-order valence-electron chi connectivity index (χ1n) is 9.90. The zero-order valence-electron chi connectivity index (χ0n) is 17.3. The third-order valence-electron chi connectivity index (χ3n) is 6.35. The van der Waals surface area contributed by atoms with E-state index in [-0.39, 0.29) is 5.78 Å². The van der Waals surface area contributed by atoms with Crippen LogP contribution in [0.5, 0.6) is 0 Å². The van der Waals surface area contributed by atoms with E-state index in [1.807, 2.05) is 50.2 Å². The van der Waals surface area contributed by atoms with Crippen molar-refractivity contribution in [3.63, 3.8) is 0 Å². The van der Waals surface area contributed by atoms with Gasteiger partial charge in [-0.2, -0.15) is 0 Å². The number of benzene rings is 2. The van der Waals surface area contributed by atoms with Gasteiger partial charge in [0, 0.05) is 31.1 Å². The van der Waals surface area contributed by atoms with Crippen LogP contribution in [0.3, 0.4) is 0 Å². The van der Waals surface area contributed by atoms with Crippen molar-refractivity contribution in [1.82, 2.24) is 9.13 Å². The standard InChI is InChI=1S/C24H21N3O3/c1-12-9-10-13(2)16(11-12)17-18-20(14-7-5-6-8-15(14)21(18)28)25-22-19(17)23(29)27(4)24(30)26(22)3/h5-11,17-18H,1-4H3/t17-,18+/m1/s1. The van der Waals surface area contributed by atoms with Gasteiger partial charge >= 0.3 is 5.69 Å². The second kappa shape index (κ2) is 6.23. The Bertz CT molecular complexity index is 1410. The molecule has 1 aliphatic carbocycles. The fourth-order valence-corrected chi connectivity index (χ4v) is 4.80. The first-order chi connectivity index (χ1) is 14.3. The molecule has 6 heteroatoms. The molecule has 0 N–H and O–H groups in total. The molecule has 0 radical (unpaired) electrons. The summed E-state index contributed by atoms with van der Waals surface area (Å²) in [4.78, 5) is 44.2. The van der Waals surface area contributed by atoms with Gasteiger partial charge in [-0.25, -0.2) is 9.79 Å². The first kappa shape index (κ1) is 18.5. The van der Waals surface area contributed by atoms with E-state index in [9.17, 15) is 14.4 Å². The number of aliphatic imine (C=N–C) groups is 1. The number of carbonyl (C=O) groups excluding carboxylic acids is 1. The number of nitrogens with zero attached hydrogens (tertiary/aromatic N) is 3. The highest BCUT2D eigenvalue weighted by Crippen LogP contribution is 2.47. The van der Waals surface area contributed by atoms with Crippen molar-refractivity contribution in [2.24, 2.45) is 25.0 Å². The Kier molecular flexibility index (Phi) is 3.84. The Morgan fingerprint density at radius 1 is 0.867 bits per heavy atom. The van der Waals surface area contributed by atoms with Crippen LogP contribution in [0.2, 0.25) is 0 Å². The van der Waals surface area contributed by atoms with Crippen LogP contribution in [0.25, 0.3) is 0 Å². The van der Waals surface area contributed by atoms with Crippen LogP contribution in [-0.4, -0.2) is 20.6 Å². The highest BCUT2D eigenvalue weighted by atomic mass is 16.2. The van der Waals surface area contributed by atoms with Crippen LogP contribution in [0.4, 0.5) is 5.82 Å². The van der Waals surface area contributed by atoms with Crippen LogP contribution in [0, 0.1) is 19.8 Å². The largest absolute Gasteiger partial charge is 0.332 e. The zero-order chi connectivity index (χ0) is 21.3. The maximum absolute atomic E-state index is 13.5. The predicted octanol–water partition coefficient (Wildman–Crippen LogP) is 2.78. The second-order valence-electron chi connectivity index (χ2n) is 8.17. The Labute approximate surface area is 173 Å². The molecule has 2 heterocycles. The minimum Gasteiger partial charge on any atom is -0.293 e. The smallest absolute Gasteiger partial charge is 0.293 e. The molecule has 30 heavy (non-hydrogen) atoms. The van der Waals surface area contributed by atoms with Gasteiger partial charge in [0.2, 0.25) is 0 Å². The van der Waals surface area contributed by atoms with Gasteiger partial charge in [0.25, 0.3) is 5.56 Å². The molecule has 1 aliphatic heterocycles. The molecular formula is C24H21N3O3. The van der Waals surface area contributed by atoms with E-state index < -0.39 is 23.1 Å². The molecule has 0 spiro atoms. The number of aryl methyl sites for hydroxylation is 2. The average Bonchev–Trinajstić information content (AvgIpc) is 3.03. The molecule has 2 aliphatic rings. The summed E-state index contributed by atoms with van der Waals surface area (Å²) < 4.78 is 2.51. The highest BCUT2D eigenvalue weighted by Gasteiger charge is 2.48. The molecule has 0 saturated carbocycles. The number of aromatic nitrogens is 2. The minimum absolute atomic E-state index is 0.0307. The van der Waals surface area contributed by atoms with Crippen molar-refractivity contribution in [1.29, 1.82) is 0 Å². The second-order valence-corrected chi connectivity index (χ2v) is 8.17. The zero-order valence-corrected chi connectivity index (χ0v) is 17.3. The van der Waals surface area contributed by atoms with E-state index in [4.69, 9.17) is 4.99 Å². The fourth-order valence-electron chi connectivity index (χ4n) is 4.80. The van der Waals surface area contributed by atoms with Gasteiger partial charge in [-0.1, -0.05) is 48.0 Å². The highest BCUT2D eigenvalue weighted by molar-refractivity contribution is 6.30. The fraction of sp³-hybridized carbons (Fsp3) is 0.250. The Morgan fingerprint density at radius 3 is 2.30 bits per heavy atom. The number of hydrogen-bond acceptors (Lipinski definition) is 4. The maximum atomic E-state index is 13.5. The van der Waals surface area contributed by atoms with Crippen LogP contribution < -0.4 is 11.2 Å². The number of Topliss-reactive ketones (excluding diaryl/α,β-unsaturated/α-hetero) is 1. The molecule has 5 rings (SSSR count). The molecule has 0 amide bonds. The lowest BCUT2D eigenvalue weighted by molar-refractivity contribution is 0.0953. The Morgan fingerprint density at radius 2 is 1.57 bits per heavy atom. The number of hydrogen-bond donors (Lipinski definition) is 0. The third kappa shape index (κ3) is 2.30. The topological polar surface area (TPSA) is 73.4 Å². The Hall–Kier alpha value is -3.54. The molecule has 6 nitrogen and oxygen atoms in total. The lowest BCUT2D eigenvalue weighted by Gasteiger charge is -2.31. The van der Waals surface area contributed by atoms with Crippen molar-refractivity contribution in [2.75, 3.05) is 0 Å². The van der Waals surface area contributed by atoms with Gasteiger partial charge < -0.3 is 0 Å². The summed E-state index contributed by atoms with van der Waals surface area (Å²) >= 11 is 0. The molecule has 2 atom stereocenters. The predicted molar refractivity (Wildman–Crippen MR) is 115 cm³/mol. The van der Waals surface area contributed by atoms with Crippen molar-refractivity contribution in [3.05, 3.63) is 96.7 Å². The van der Waals surface area contributed by atoms with Gasteiger partial charge in [0.15, 0.2) is 5.78 Å². The summed E-state index contributed by atoms with van der Waals surface area (Å²) in [7, 11) is 3.09. The van der Waals surface area contributed by atoms with Crippen molar-refractivity contribution in [3.8, 4) is 0 Å². The van der Waals surface area contributed by atoms with Gasteiger partial charge in [0.1, 0.15) is 5.82 Å². The normalized spacial score (nSPS) is 19.2. The van der Waals surface area contributed by atoms with Gasteiger partial charge in [0.05, 0.1) is 17.2 Å². The summed E-state index contributed by atoms with van der Waals surface area (Å²) in [6.45, 7) is 3.98. The summed E-state index contributed by atoms with van der Waals surface area (Å²) in [5.74, 6) is -0.778. The number of ketones is 1. The molecule has 150 valence electrons. The van der Waals surface area contributed by atoms with E-state index in [1.165, 1.54) is 11.6 Å². The van der Waals surface area contributed by atoms with Gasteiger partial charge in [-0.15, -0.1) is 0 Å². The number of fused-ring (bicyclic) bond motifs is 4. The number of carbonyl (C=O) groups is 1. The number of rotatable bonds is 1. The SMILES string of the molecule is Cc1ccc(C)c([C@H]2c3c(n(C)c(=O)n(C)c3=O)N=C3c4ccccc4C(=O)[C@H]32)c1. The minimum atomic E-state index is -0.583. The monoisotopic (exact) mass is 399 g/mol. The average molecular weight is 399 g/mol. The first-order valence-corrected chi connectivity index (χ1v) is 9.90. The van der Waals surface area contributed by atoms with E-state index >= 15 is 0 Å². The summed E-state index contributed by atoms with van der Waals surface area (Å²) in [6.07, 6.45) is 0. The quantitative estimate of drug-likeness (QED) is 0.632. The van der Waals surface area contributed by atoms with E-state index in [2.05, 4.69) is 0 Å². The van der Waals surface area contributed by atoms with E-state index in [0.717, 1.165) is 26.8 Å². The van der Waals surface area contributed by atoms with Crippen LogP contribution in [0.1, 0.15) is 44.1 Å². The van der Waals surface area contributed by atoms with Gasteiger partial charge in [-0.3, -0.25) is 18.7 Å². The molecule has 2 aromatic carbocycles. The summed E-state index contributed by atoms with van der Waals surface area (Å²) in [5.41, 5.74) is 4.58. The van der Waals surface area contributed by atoms with Gasteiger partial charge in [-0.05, 0) is 25.0 Å². The van der Waals surface area contributed by atoms with Crippen molar-refractivity contribution in [2.45, 2.75) is 19.8 Å². The van der Waals surface area contributed by atoms with E-state index in [1.54, 1.807) is 13.1 Å². The van der Waals surface area contributed by atoms with Crippen LogP contribution >= 0.6 is 0 Å². The van der Waals surface area contributed by atoms with Crippen LogP contribution in [0.15, 0.2) is 57.0 Å². The molecule has 1 aromatic heterocycles. The Balaban J connectivity index is 1.94. The van der Waals surface area contributed by atoms with Crippen molar-refractivity contribution < 1.29 is 4.79 Å². The molecule has 3 aromatic rings. The molecule has 0 fully saturated rings. The van der Waals surface area contributed by atoms with Crippen LogP contribution in [-0.2, 0) is 14.1 Å². The lowest BCUT2D eigenvalue weighted by atomic mass is 9.75.